The number of anilines is 2. The molecule has 2 N–H and O–H groups in total. The van der Waals surface area contributed by atoms with E-state index in [1.807, 2.05) is 18.2 Å². The van der Waals surface area contributed by atoms with Gasteiger partial charge in [0.25, 0.3) is 0 Å². The first-order valence-electron chi connectivity index (χ1n) is 7.22. The Bertz CT molecular complexity index is 851. The maximum Gasteiger partial charge on any atom is 0.229 e. The maximum absolute atomic E-state index is 11.9. The van der Waals surface area contributed by atoms with E-state index in [0.717, 1.165) is 11.8 Å². The summed E-state index contributed by atoms with van der Waals surface area (Å²) >= 11 is 0. The number of nitrogens with one attached hydrogen (secondary N) is 2. The number of amides is 1. The molecule has 6 nitrogen and oxygen atoms in total. The largest absolute Gasteiger partial charge is 0.326 e. The number of hydrogen-bond acceptors (Lipinski definition) is 4. The van der Waals surface area contributed by atoms with Crippen LogP contribution in [0.15, 0.2) is 48.5 Å². The summed E-state index contributed by atoms with van der Waals surface area (Å²) in [7, 11) is -3.31. The lowest BCUT2D eigenvalue weighted by atomic mass is 10.1. The van der Waals surface area contributed by atoms with Gasteiger partial charge in [0.05, 0.1) is 17.9 Å². The zero-order valence-corrected chi connectivity index (χ0v) is 13.9. The minimum absolute atomic E-state index is 0.136. The summed E-state index contributed by atoms with van der Waals surface area (Å²) in [6.45, 7) is 0. The molecule has 1 amide bonds. The number of carbonyl (C=O) groups excluding carboxylic acids is 1. The maximum atomic E-state index is 11.9. The Balaban J connectivity index is 1.86. The fraction of sp³-hybridized carbons (Fsp3) is 0.176. The standard InChI is InChI=1S/C17H17N3O3S/c1-24(22,23)20-16-9-7-15(8-10-16)19-17(21)11-6-13-2-4-14(12-18)5-3-13/h2-5,7-10,20H,6,11H2,1H3,(H,19,21). The number of benzene rings is 2. The molecular formula is C17H17N3O3S. The summed E-state index contributed by atoms with van der Waals surface area (Å²) in [5.41, 5.74) is 2.61. The third kappa shape index (κ3) is 5.74. The Hall–Kier alpha value is -2.85. The van der Waals surface area contributed by atoms with Crippen molar-refractivity contribution in [1.29, 1.82) is 5.26 Å². The van der Waals surface area contributed by atoms with E-state index in [2.05, 4.69) is 10.0 Å². The Morgan fingerprint density at radius 2 is 1.62 bits per heavy atom. The van der Waals surface area contributed by atoms with Gasteiger partial charge in [0.2, 0.25) is 15.9 Å². The van der Waals surface area contributed by atoms with Crippen LogP contribution >= 0.6 is 0 Å². The van der Waals surface area contributed by atoms with Crippen LogP contribution in [0.3, 0.4) is 0 Å². The van der Waals surface area contributed by atoms with E-state index in [4.69, 9.17) is 5.26 Å². The molecule has 124 valence electrons. The van der Waals surface area contributed by atoms with Crippen LogP contribution in [-0.2, 0) is 21.2 Å². The molecular weight excluding hydrogens is 326 g/mol. The average Bonchev–Trinajstić information content (AvgIpc) is 2.54. The molecule has 0 bridgehead atoms. The molecule has 0 heterocycles. The van der Waals surface area contributed by atoms with Crippen LogP contribution in [0.5, 0.6) is 0 Å². The second-order valence-corrected chi connectivity index (χ2v) is 7.06. The van der Waals surface area contributed by atoms with Crippen LogP contribution < -0.4 is 10.0 Å². The zero-order chi connectivity index (χ0) is 17.6. The second kappa shape index (κ2) is 7.62. The highest BCUT2D eigenvalue weighted by Crippen LogP contribution is 2.15. The first-order chi connectivity index (χ1) is 11.4. The molecule has 0 aliphatic carbocycles. The summed E-state index contributed by atoms with van der Waals surface area (Å²) in [6.07, 6.45) is 1.96. The third-order valence-electron chi connectivity index (χ3n) is 3.20. The molecule has 0 unspecified atom stereocenters. The molecule has 0 aromatic heterocycles. The van der Waals surface area contributed by atoms with Gasteiger partial charge in [-0.3, -0.25) is 9.52 Å². The van der Waals surface area contributed by atoms with E-state index in [0.29, 0.717) is 29.8 Å². The van der Waals surface area contributed by atoms with Crippen LogP contribution in [-0.4, -0.2) is 20.6 Å². The fourth-order valence-electron chi connectivity index (χ4n) is 2.06. The highest BCUT2D eigenvalue weighted by molar-refractivity contribution is 7.92. The van der Waals surface area contributed by atoms with Gasteiger partial charge in [-0.15, -0.1) is 0 Å². The van der Waals surface area contributed by atoms with Crippen molar-refractivity contribution < 1.29 is 13.2 Å². The van der Waals surface area contributed by atoms with Crippen LogP contribution in [0.1, 0.15) is 17.5 Å². The van der Waals surface area contributed by atoms with Gasteiger partial charge in [-0.05, 0) is 48.4 Å². The highest BCUT2D eigenvalue weighted by Gasteiger charge is 2.05. The van der Waals surface area contributed by atoms with Gasteiger partial charge in [0.15, 0.2) is 0 Å². The van der Waals surface area contributed by atoms with Gasteiger partial charge in [-0.2, -0.15) is 5.26 Å². The molecule has 0 fully saturated rings. The number of carbonyl (C=O) groups is 1. The van der Waals surface area contributed by atoms with Crippen molar-refractivity contribution in [3.8, 4) is 6.07 Å². The summed E-state index contributed by atoms with van der Waals surface area (Å²) in [5, 5.41) is 11.5. The number of hydrogen-bond donors (Lipinski definition) is 2. The van der Waals surface area contributed by atoms with Gasteiger partial charge >= 0.3 is 0 Å². The van der Waals surface area contributed by atoms with Crippen LogP contribution in [0.4, 0.5) is 11.4 Å². The molecule has 0 atom stereocenters. The van der Waals surface area contributed by atoms with Crippen LogP contribution in [0.2, 0.25) is 0 Å². The normalized spacial score (nSPS) is 10.7. The molecule has 0 aliphatic rings. The van der Waals surface area contributed by atoms with E-state index in [1.165, 1.54) is 0 Å². The molecule has 0 aliphatic heterocycles. The van der Waals surface area contributed by atoms with E-state index in [-0.39, 0.29) is 5.91 Å². The molecule has 0 spiro atoms. The van der Waals surface area contributed by atoms with Crippen molar-refractivity contribution in [3.05, 3.63) is 59.7 Å². The smallest absolute Gasteiger partial charge is 0.229 e. The van der Waals surface area contributed by atoms with Gasteiger partial charge in [0, 0.05) is 17.8 Å². The Labute approximate surface area is 141 Å². The minimum Gasteiger partial charge on any atom is -0.326 e. The van der Waals surface area contributed by atoms with Crippen molar-refractivity contribution in [2.75, 3.05) is 16.3 Å². The number of aryl methyl sites for hydroxylation is 1. The first-order valence-corrected chi connectivity index (χ1v) is 9.11. The van der Waals surface area contributed by atoms with E-state index >= 15 is 0 Å². The van der Waals surface area contributed by atoms with E-state index in [9.17, 15) is 13.2 Å². The van der Waals surface area contributed by atoms with Crippen molar-refractivity contribution in [2.24, 2.45) is 0 Å². The predicted octanol–water partition coefficient (Wildman–Crippen LogP) is 2.50. The monoisotopic (exact) mass is 343 g/mol. The summed E-state index contributed by atoms with van der Waals surface area (Å²) in [5.74, 6) is -0.136. The molecule has 24 heavy (non-hydrogen) atoms. The lowest BCUT2D eigenvalue weighted by Crippen LogP contribution is -2.13. The Kier molecular flexibility index (Phi) is 5.55. The van der Waals surface area contributed by atoms with Crippen LogP contribution in [0, 0.1) is 11.3 Å². The minimum atomic E-state index is -3.31. The molecule has 2 aromatic carbocycles. The van der Waals surface area contributed by atoms with Gasteiger partial charge in [-0.25, -0.2) is 8.42 Å². The SMILES string of the molecule is CS(=O)(=O)Nc1ccc(NC(=O)CCc2ccc(C#N)cc2)cc1. The lowest BCUT2D eigenvalue weighted by molar-refractivity contribution is -0.116. The summed E-state index contributed by atoms with van der Waals surface area (Å²) in [6, 6.07) is 15.6. The van der Waals surface area contributed by atoms with Gasteiger partial charge in [0.1, 0.15) is 0 Å². The second-order valence-electron chi connectivity index (χ2n) is 5.31. The molecule has 2 rings (SSSR count). The van der Waals surface area contributed by atoms with Crippen molar-refractivity contribution in [2.45, 2.75) is 12.8 Å². The van der Waals surface area contributed by atoms with Gasteiger partial charge in [-0.1, -0.05) is 12.1 Å². The first kappa shape index (κ1) is 17.5. The molecule has 0 radical (unpaired) electrons. The lowest BCUT2D eigenvalue weighted by Gasteiger charge is -2.07. The number of nitriles is 1. The molecule has 0 saturated carbocycles. The number of rotatable bonds is 6. The van der Waals surface area contributed by atoms with Gasteiger partial charge < -0.3 is 5.32 Å². The summed E-state index contributed by atoms with van der Waals surface area (Å²) in [4.78, 5) is 11.9. The topological polar surface area (TPSA) is 99.1 Å². The van der Waals surface area contributed by atoms with E-state index < -0.39 is 10.0 Å². The summed E-state index contributed by atoms with van der Waals surface area (Å²) < 4.78 is 24.6. The Morgan fingerprint density at radius 1 is 1.04 bits per heavy atom. The predicted molar refractivity (Wildman–Crippen MR) is 93.0 cm³/mol. The highest BCUT2D eigenvalue weighted by atomic mass is 32.2. The molecule has 7 heteroatoms. The van der Waals surface area contributed by atoms with Crippen molar-refractivity contribution in [1.82, 2.24) is 0 Å². The van der Waals surface area contributed by atoms with Crippen molar-refractivity contribution in [3.63, 3.8) is 0 Å². The quantitative estimate of drug-likeness (QED) is 0.842. The van der Waals surface area contributed by atoms with Crippen LogP contribution in [0.25, 0.3) is 0 Å². The fourth-order valence-corrected chi connectivity index (χ4v) is 2.63. The molecule has 0 saturated heterocycles. The average molecular weight is 343 g/mol. The third-order valence-corrected chi connectivity index (χ3v) is 3.80. The Morgan fingerprint density at radius 3 is 2.17 bits per heavy atom. The number of nitrogens with zero attached hydrogens (tertiary/aromatic N) is 1. The zero-order valence-electron chi connectivity index (χ0n) is 13.1. The van der Waals surface area contributed by atoms with E-state index in [1.54, 1.807) is 36.4 Å². The van der Waals surface area contributed by atoms with Crippen molar-refractivity contribution >= 4 is 27.3 Å². The number of sulfonamides is 1. The molecule has 2 aromatic rings.